The smallest absolute Gasteiger partial charge is 0.275 e. The van der Waals surface area contributed by atoms with Crippen molar-refractivity contribution in [3.05, 3.63) is 58.0 Å². The van der Waals surface area contributed by atoms with Gasteiger partial charge in [0.2, 0.25) is 6.41 Å². The number of hydrogen-bond donors (Lipinski definition) is 1. The number of halogens is 1. The molecule has 0 saturated carbocycles. The van der Waals surface area contributed by atoms with Crippen LogP contribution in [0.25, 0.3) is 0 Å². The lowest BCUT2D eigenvalue weighted by Gasteiger charge is -2.35. The molecule has 0 atom stereocenters. The molecule has 0 radical (unpaired) electrons. The van der Waals surface area contributed by atoms with Crippen LogP contribution < -0.4 is 10.2 Å². The molecule has 11 nitrogen and oxygen atoms in total. The van der Waals surface area contributed by atoms with Crippen LogP contribution >= 0.6 is 11.3 Å². The van der Waals surface area contributed by atoms with Gasteiger partial charge in [-0.05, 0) is 39.1 Å². The second-order valence-corrected chi connectivity index (χ2v) is 10.8. The molecule has 0 unspecified atom stereocenters. The number of fused-ring (bicyclic) bond motifs is 1. The van der Waals surface area contributed by atoms with Crippen LogP contribution in [0.3, 0.4) is 0 Å². The minimum Gasteiger partial charge on any atom is -0.448 e. The molecular formula is C27H34FN7O4S. The topological polar surface area (TPSA) is 115 Å². The highest BCUT2D eigenvalue weighted by Crippen LogP contribution is 2.29. The van der Waals surface area contributed by atoms with E-state index in [2.05, 4.69) is 27.2 Å². The predicted molar refractivity (Wildman–Crippen MR) is 150 cm³/mol. The maximum Gasteiger partial charge on any atom is 0.275 e. The number of anilines is 2. The van der Waals surface area contributed by atoms with Gasteiger partial charge in [0, 0.05) is 69.8 Å². The number of carbonyl (C=O) groups is 3. The highest BCUT2D eigenvalue weighted by atomic mass is 32.1. The van der Waals surface area contributed by atoms with E-state index in [1.165, 1.54) is 29.9 Å². The van der Waals surface area contributed by atoms with Gasteiger partial charge in [-0.3, -0.25) is 19.7 Å². The van der Waals surface area contributed by atoms with Crippen LogP contribution in [0, 0.1) is 12.7 Å². The van der Waals surface area contributed by atoms with Crippen molar-refractivity contribution in [2.45, 2.75) is 26.8 Å². The van der Waals surface area contributed by atoms with E-state index in [9.17, 15) is 18.8 Å². The number of thiazole rings is 1. The number of likely N-dealkylation sites (N-methyl/N-ethyl adjacent to an activating group) is 1. The number of nitrogens with one attached hydrogen (secondary N) is 1. The van der Waals surface area contributed by atoms with E-state index >= 15 is 0 Å². The number of aryl methyl sites for hydroxylation is 1. The molecule has 4 heterocycles. The van der Waals surface area contributed by atoms with E-state index < -0.39 is 5.82 Å². The van der Waals surface area contributed by atoms with Crippen molar-refractivity contribution in [3.63, 3.8) is 0 Å². The van der Waals surface area contributed by atoms with Gasteiger partial charge in [0.1, 0.15) is 11.6 Å². The molecule has 1 fully saturated rings. The summed E-state index contributed by atoms with van der Waals surface area (Å²) < 4.78 is 18.8. The van der Waals surface area contributed by atoms with Crippen molar-refractivity contribution in [2.24, 2.45) is 0 Å². The molecular weight excluding hydrogens is 537 g/mol. The third-order valence-electron chi connectivity index (χ3n) is 6.92. The average molecular weight is 572 g/mol. The summed E-state index contributed by atoms with van der Waals surface area (Å²) in [6.45, 7) is 8.44. The van der Waals surface area contributed by atoms with E-state index in [1.54, 1.807) is 29.8 Å². The number of aromatic nitrogens is 2. The Morgan fingerprint density at radius 3 is 2.62 bits per heavy atom. The van der Waals surface area contributed by atoms with Crippen LogP contribution in [0.5, 0.6) is 0 Å². The van der Waals surface area contributed by atoms with Gasteiger partial charge in [-0.15, -0.1) is 11.3 Å². The molecule has 5 rings (SSSR count). The van der Waals surface area contributed by atoms with Crippen LogP contribution in [0.1, 0.15) is 44.1 Å². The number of carbonyl (C=O) groups excluding carboxylic acids is 3. The Kier molecular flexibility index (Phi) is 9.48. The third kappa shape index (κ3) is 6.83. The van der Waals surface area contributed by atoms with E-state index in [0.29, 0.717) is 55.0 Å². The van der Waals surface area contributed by atoms with Crippen molar-refractivity contribution in [3.8, 4) is 0 Å². The number of nitrogens with zero attached hydrogens (tertiary/aromatic N) is 6. The summed E-state index contributed by atoms with van der Waals surface area (Å²) in [5.41, 5.74) is 2.39. The lowest BCUT2D eigenvalue weighted by Crippen LogP contribution is -2.46. The first-order chi connectivity index (χ1) is 19.2. The van der Waals surface area contributed by atoms with E-state index in [-0.39, 0.29) is 17.4 Å². The van der Waals surface area contributed by atoms with Gasteiger partial charge in [0.25, 0.3) is 11.8 Å². The van der Waals surface area contributed by atoms with Crippen molar-refractivity contribution < 1.29 is 23.2 Å². The Bertz CT molecular complexity index is 1350. The fourth-order valence-electron chi connectivity index (χ4n) is 4.41. The molecule has 1 saturated heterocycles. The number of rotatable bonds is 6. The van der Waals surface area contributed by atoms with Crippen LogP contribution in [0.15, 0.2) is 29.0 Å². The lowest BCUT2D eigenvalue weighted by atomic mass is 10.1. The van der Waals surface area contributed by atoms with Gasteiger partial charge in [0.15, 0.2) is 17.2 Å². The molecule has 1 N–H and O–H groups in total. The van der Waals surface area contributed by atoms with Crippen molar-refractivity contribution in [1.82, 2.24) is 24.7 Å². The Balaban J connectivity index is 0.000000259. The zero-order valence-electron chi connectivity index (χ0n) is 23.1. The van der Waals surface area contributed by atoms with Gasteiger partial charge in [-0.1, -0.05) is 0 Å². The molecule has 2 aromatic heterocycles. The van der Waals surface area contributed by atoms with E-state index in [0.717, 1.165) is 36.5 Å². The molecule has 2 aliphatic heterocycles. The summed E-state index contributed by atoms with van der Waals surface area (Å²) in [5, 5.41) is 3.39. The molecule has 1 aromatic carbocycles. The third-order valence-corrected chi connectivity index (χ3v) is 7.92. The first-order valence-corrected chi connectivity index (χ1v) is 13.9. The summed E-state index contributed by atoms with van der Waals surface area (Å²) in [4.78, 5) is 52.3. The minimum atomic E-state index is -0.458. The maximum absolute atomic E-state index is 13.9. The maximum atomic E-state index is 13.9. The van der Waals surface area contributed by atoms with Crippen molar-refractivity contribution >= 4 is 40.4 Å². The average Bonchev–Trinajstić information content (AvgIpc) is 3.57. The van der Waals surface area contributed by atoms with Crippen LogP contribution in [-0.2, 0) is 17.8 Å². The Labute approximate surface area is 236 Å². The molecule has 0 spiro atoms. The predicted octanol–water partition coefficient (Wildman–Crippen LogP) is 2.88. The van der Waals surface area contributed by atoms with E-state index in [4.69, 9.17) is 4.42 Å². The van der Waals surface area contributed by atoms with Gasteiger partial charge < -0.3 is 24.0 Å². The number of oxazole rings is 1. The highest BCUT2D eigenvalue weighted by Gasteiger charge is 2.24. The van der Waals surface area contributed by atoms with Gasteiger partial charge in [-0.25, -0.2) is 14.4 Å². The van der Waals surface area contributed by atoms with Gasteiger partial charge in [-0.2, -0.15) is 0 Å². The summed E-state index contributed by atoms with van der Waals surface area (Å²) in [6.07, 6.45) is 2.98. The van der Waals surface area contributed by atoms with E-state index in [1.807, 2.05) is 11.8 Å². The monoisotopic (exact) mass is 571 g/mol. The Hall–Kier alpha value is -3.84. The van der Waals surface area contributed by atoms with Crippen LogP contribution in [0.4, 0.5) is 15.2 Å². The minimum absolute atomic E-state index is 0.0937. The van der Waals surface area contributed by atoms with Gasteiger partial charge >= 0.3 is 0 Å². The van der Waals surface area contributed by atoms with Crippen molar-refractivity contribution in [1.29, 1.82) is 0 Å². The molecule has 2 aliphatic rings. The summed E-state index contributed by atoms with van der Waals surface area (Å²) in [7, 11) is 3.79. The van der Waals surface area contributed by atoms with Crippen LogP contribution in [-0.4, -0.2) is 96.3 Å². The summed E-state index contributed by atoms with van der Waals surface area (Å²) in [5.74, 6) is -0.351. The second-order valence-electron chi connectivity index (χ2n) is 9.70. The highest BCUT2D eigenvalue weighted by molar-refractivity contribution is 7.15. The molecule has 0 bridgehead atoms. The van der Waals surface area contributed by atoms with Gasteiger partial charge in [0.05, 0.1) is 11.3 Å². The molecule has 214 valence electrons. The number of benzene rings is 1. The largest absolute Gasteiger partial charge is 0.448 e. The first kappa shape index (κ1) is 29.2. The lowest BCUT2D eigenvalue weighted by molar-refractivity contribution is -0.118. The summed E-state index contributed by atoms with van der Waals surface area (Å²) >= 11 is 1.47. The summed E-state index contributed by atoms with van der Waals surface area (Å²) in [6, 6.07) is 4.25. The molecule has 13 heteroatoms. The molecule has 40 heavy (non-hydrogen) atoms. The number of amides is 3. The SMILES string of the molecule is CCN(C)C(=O)c1ncoc1C.CN1CCc2nc(NC(=O)c3cc(F)ccc3N3CCN(C=O)CC3)sc2C1. The van der Waals surface area contributed by atoms with Crippen LogP contribution in [0.2, 0.25) is 0 Å². The Morgan fingerprint density at radius 2 is 1.98 bits per heavy atom. The normalized spacial score (nSPS) is 15.1. The first-order valence-electron chi connectivity index (χ1n) is 13.1. The molecule has 0 aliphatic carbocycles. The number of hydrogen-bond acceptors (Lipinski definition) is 9. The fraction of sp³-hybridized carbons (Fsp3) is 0.444. The fourth-order valence-corrected chi connectivity index (χ4v) is 5.49. The zero-order valence-corrected chi connectivity index (χ0v) is 24.0. The number of piperazine rings is 1. The zero-order chi connectivity index (χ0) is 28.8. The standard InChI is InChI=1S/C19H22FN5O2S.C8H12N2O2/c1-23-5-4-15-17(11-23)28-19(21-15)22-18(27)14-10-13(20)2-3-16(14)25-8-6-24(12-26)7-9-25;1-4-10(3)8(11)7-6(2)12-5-9-7/h2-3,10,12H,4-9,11H2,1H3,(H,21,22,27);5H,4H2,1-3H3. The quantitative estimate of drug-likeness (QED) is 0.450. The Morgan fingerprint density at radius 1 is 1.23 bits per heavy atom. The second kappa shape index (κ2) is 13.0. The van der Waals surface area contributed by atoms with Crippen molar-refractivity contribution in [2.75, 3.05) is 63.6 Å². The molecule has 3 aromatic rings. The molecule has 3 amide bonds.